The van der Waals surface area contributed by atoms with E-state index in [2.05, 4.69) is 0 Å². The Kier molecular flexibility index (Phi) is 4.04. The van der Waals surface area contributed by atoms with Gasteiger partial charge >= 0.3 is 6.09 Å². The van der Waals surface area contributed by atoms with Gasteiger partial charge in [0.2, 0.25) is 0 Å². The number of hydrogen-bond acceptors (Lipinski definition) is 3. The molecule has 1 aromatic carbocycles. The van der Waals surface area contributed by atoms with Crippen molar-refractivity contribution in [3.63, 3.8) is 0 Å². The number of rotatable bonds is 2. The molecule has 1 fully saturated rings. The summed E-state index contributed by atoms with van der Waals surface area (Å²) in [5.41, 5.74) is 0.286. The molecule has 1 heterocycles. The molecule has 4 nitrogen and oxygen atoms in total. The first-order chi connectivity index (χ1) is 9.27. The summed E-state index contributed by atoms with van der Waals surface area (Å²) in [7, 11) is 0. The van der Waals surface area contributed by atoms with Gasteiger partial charge in [-0.05, 0) is 33.3 Å². The first-order valence-electron chi connectivity index (χ1n) is 6.93. The molecule has 0 bridgehead atoms. The van der Waals surface area contributed by atoms with E-state index >= 15 is 0 Å². The van der Waals surface area contributed by atoms with Crippen molar-refractivity contribution in [2.75, 3.05) is 13.1 Å². The zero-order valence-electron chi connectivity index (χ0n) is 12.7. The molecule has 1 aromatic rings. The molecule has 1 aliphatic heterocycles. The van der Waals surface area contributed by atoms with E-state index in [4.69, 9.17) is 9.47 Å². The second-order valence-electron chi connectivity index (χ2n) is 6.52. The maximum atomic E-state index is 12.2. The maximum Gasteiger partial charge on any atom is 0.410 e. The van der Waals surface area contributed by atoms with Gasteiger partial charge in [-0.15, -0.1) is 0 Å². The van der Waals surface area contributed by atoms with Crippen LogP contribution < -0.4 is 0 Å². The lowest BCUT2D eigenvalue weighted by atomic mass is 9.99. The van der Waals surface area contributed by atoms with E-state index in [0.717, 1.165) is 5.56 Å². The predicted molar refractivity (Wildman–Crippen MR) is 77.4 cm³/mol. The molecule has 110 valence electrons. The summed E-state index contributed by atoms with van der Waals surface area (Å²) < 4.78 is 11.3. The molecule has 20 heavy (non-hydrogen) atoms. The van der Waals surface area contributed by atoms with Gasteiger partial charge in [0.25, 0.3) is 0 Å². The van der Waals surface area contributed by atoms with Crippen LogP contribution in [-0.2, 0) is 16.1 Å². The minimum Gasteiger partial charge on any atom is -0.445 e. The largest absolute Gasteiger partial charge is 0.445 e. The molecule has 4 heteroatoms. The highest BCUT2D eigenvalue weighted by molar-refractivity contribution is 5.68. The molecule has 0 saturated carbocycles. The van der Waals surface area contributed by atoms with Gasteiger partial charge in [-0.25, -0.2) is 4.79 Å². The molecule has 1 amide bonds. The molecule has 0 aromatic heterocycles. The highest BCUT2D eigenvalue weighted by Crippen LogP contribution is 2.28. The minimum atomic E-state index is -0.354. The summed E-state index contributed by atoms with van der Waals surface area (Å²) in [6.07, 6.45) is -0.279. The summed E-state index contributed by atoms with van der Waals surface area (Å²) in [4.78, 5) is 13.9. The van der Waals surface area contributed by atoms with Crippen LogP contribution in [0.3, 0.4) is 0 Å². The molecule has 1 aliphatic rings. The number of carbonyl (C=O) groups excluding carboxylic acids is 1. The van der Waals surface area contributed by atoms with E-state index in [1.807, 2.05) is 58.0 Å². The third kappa shape index (κ3) is 3.97. The van der Waals surface area contributed by atoms with Crippen molar-refractivity contribution in [2.24, 2.45) is 0 Å². The summed E-state index contributed by atoms with van der Waals surface area (Å²) in [5, 5.41) is 0. The van der Waals surface area contributed by atoms with Crippen LogP contribution in [0.4, 0.5) is 4.79 Å². The Morgan fingerprint density at radius 1 is 1.15 bits per heavy atom. The summed E-state index contributed by atoms with van der Waals surface area (Å²) in [6.45, 7) is 9.36. The van der Waals surface area contributed by atoms with Crippen LogP contribution in [0.15, 0.2) is 30.3 Å². The lowest BCUT2D eigenvalue weighted by Gasteiger charge is -2.46. The molecule has 0 N–H and O–H groups in total. The van der Waals surface area contributed by atoms with Crippen LogP contribution >= 0.6 is 0 Å². The minimum absolute atomic E-state index is 0.279. The second-order valence-corrected chi connectivity index (χ2v) is 6.52. The average molecular weight is 277 g/mol. The average Bonchev–Trinajstić information content (AvgIpc) is 2.33. The van der Waals surface area contributed by atoms with E-state index in [0.29, 0.717) is 19.7 Å². The zero-order chi connectivity index (χ0) is 14.8. The third-order valence-corrected chi connectivity index (χ3v) is 3.16. The first kappa shape index (κ1) is 14.9. The fourth-order valence-electron chi connectivity index (χ4n) is 2.73. The van der Waals surface area contributed by atoms with Gasteiger partial charge in [-0.1, -0.05) is 30.3 Å². The van der Waals surface area contributed by atoms with Crippen LogP contribution in [-0.4, -0.2) is 35.3 Å². The standard InChI is InChI=1S/C16H23NO3/c1-15(2)11-17(12-16(3,4)20-15)14(18)19-10-13-8-6-5-7-9-13/h5-9H,10-12H2,1-4H3. The molecule has 2 rings (SSSR count). The third-order valence-electron chi connectivity index (χ3n) is 3.16. The number of ether oxygens (including phenoxy) is 2. The Labute approximate surface area is 120 Å². The Bertz CT molecular complexity index is 452. The van der Waals surface area contributed by atoms with Crippen molar-refractivity contribution in [3.8, 4) is 0 Å². The Morgan fingerprint density at radius 3 is 2.25 bits per heavy atom. The van der Waals surface area contributed by atoms with Crippen molar-refractivity contribution >= 4 is 6.09 Å². The zero-order valence-corrected chi connectivity index (χ0v) is 12.7. The van der Waals surface area contributed by atoms with E-state index in [-0.39, 0.29) is 17.3 Å². The van der Waals surface area contributed by atoms with Crippen LogP contribution in [0.1, 0.15) is 33.3 Å². The Morgan fingerprint density at radius 2 is 1.70 bits per heavy atom. The molecule has 0 aliphatic carbocycles. The van der Waals surface area contributed by atoms with Gasteiger partial charge in [0.05, 0.1) is 24.3 Å². The molecule has 0 spiro atoms. The van der Waals surface area contributed by atoms with Crippen molar-refractivity contribution in [3.05, 3.63) is 35.9 Å². The number of hydrogen-bond donors (Lipinski definition) is 0. The van der Waals surface area contributed by atoms with Crippen molar-refractivity contribution in [1.29, 1.82) is 0 Å². The predicted octanol–water partition coefficient (Wildman–Crippen LogP) is 3.21. The molecular formula is C16H23NO3. The number of morpholine rings is 1. The fourth-order valence-corrected chi connectivity index (χ4v) is 2.73. The van der Waals surface area contributed by atoms with Gasteiger partial charge in [0, 0.05) is 0 Å². The fraction of sp³-hybridized carbons (Fsp3) is 0.562. The SMILES string of the molecule is CC1(C)CN(C(=O)OCc2ccccc2)CC(C)(C)O1. The van der Waals surface area contributed by atoms with Crippen LogP contribution in [0, 0.1) is 0 Å². The monoisotopic (exact) mass is 277 g/mol. The van der Waals surface area contributed by atoms with Crippen molar-refractivity contribution in [2.45, 2.75) is 45.5 Å². The molecule has 0 unspecified atom stereocenters. The van der Waals surface area contributed by atoms with Crippen LogP contribution in [0.2, 0.25) is 0 Å². The Balaban J connectivity index is 1.95. The van der Waals surface area contributed by atoms with Gasteiger partial charge in [0.15, 0.2) is 0 Å². The van der Waals surface area contributed by atoms with Gasteiger partial charge in [-0.3, -0.25) is 0 Å². The second kappa shape index (κ2) is 5.44. The van der Waals surface area contributed by atoms with E-state index in [1.165, 1.54) is 0 Å². The summed E-state index contributed by atoms with van der Waals surface area (Å²) in [6, 6.07) is 9.70. The van der Waals surface area contributed by atoms with E-state index in [1.54, 1.807) is 4.90 Å². The van der Waals surface area contributed by atoms with E-state index in [9.17, 15) is 4.79 Å². The smallest absolute Gasteiger partial charge is 0.410 e. The highest BCUT2D eigenvalue weighted by atomic mass is 16.6. The molecular weight excluding hydrogens is 254 g/mol. The highest BCUT2D eigenvalue weighted by Gasteiger charge is 2.40. The normalized spacial score (nSPS) is 20.5. The number of nitrogens with zero attached hydrogens (tertiary/aromatic N) is 1. The lowest BCUT2D eigenvalue weighted by Crippen LogP contribution is -2.58. The van der Waals surface area contributed by atoms with Crippen LogP contribution in [0.5, 0.6) is 0 Å². The lowest BCUT2D eigenvalue weighted by molar-refractivity contribution is -0.174. The van der Waals surface area contributed by atoms with Gasteiger partial charge in [-0.2, -0.15) is 0 Å². The van der Waals surface area contributed by atoms with Crippen LogP contribution in [0.25, 0.3) is 0 Å². The van der Waals surface area contributed by atoms with Gasteiger partial charge < -0.3 is 14.4 Å². The van der Waals surface area contributed by atoms with Crippen molar-refractivity contribution in [1.82, 2.24) is 4.90 Å². The first-order valence-corrected chi connectivity index (χ1v) is 6.93. The summed E-state index contributed by atoms with van der Waals surface area (Å²) in [5.74, 6) is 0. The van der Waals surface area contributed by atoms with Gasteiger partial charge in [0.1, 0.15) is 6.61 Å². The van der Waals surface area contributed by atoms with E-state index < -0.39 is 0 Å². The number of carbonyl (C=O) groups is 1. The topological polar surface area (TPSA) is 38.8 Å². The molecule has 0 radical (unpaired) electrons. The summed E-state index contributed by atoms with van der Waals surface area (Å²) >= 11 is 0. The number of amides is 1. The molecule has 1 saturated heterocycles. The quantitative estimate of drug-likeness (QED) is 0.833. The molecule has 0 atom stereocenters. The number of benzene rings is 1. The van der Waals surface area contributed by atoms with Crippen molar-refractivity contribution < 1.29 is 14.3 Å². The Hall–Kier alpha value is -1.55. The maximum absolute atomic E-state index is 12.2.